The number of ketones is 1. The molecule has 0 spiro atoms. The third-order valence-corrected chi connectivity index (χ3v) is 7.98. The van der Waals surface area contributed by atoms with Crippen molar-refractivity contribution in [2.24, 2.45) is 17.3 Å². The van der Waals surface area contributed by atoms with Crippen LogP contribution in [0.15, 0.2) is 11.0 Å². The molecule has 4 N–H and O–H groups in total. The molecule has 1 unspecified atom stereocenters. The van der Waals surface area contributed by atoms with Gasteiger partial charge in [0, 0.05) is 17.7 Å². The maximum Gasteiger partial charge on any atom is 0.309 e. The molecular formula is C26H41NO7S. The van der Waals surface area contributed by atoms with Gasteiger partial charge in [0.1, 0.15) is 11.9 Å². The summed E-state index contributed by atoms with van der Waals surface area (Å²) in [5.41, 5.74) is 0.0764. The van der Waals surface area contributed by atoms with Gasteiger partial charge in [-0.25, -0.2) is 4.98 Å². The number of aliphatic hydroxyl groups is 4. The molecule has 198 valence electrons. The smallest absolute Gasteiger partial charge is 0.309 e. The van der Waals surface area contributed by atoms with Gasteiger partial charge in [-0.05, 0) is 44.3 Å². The molecule has 2 heterocycles. The van der Waals surface area contributed by atoms with Gasteiger partial charge in [-0.1, -0.05) is 34.1 Å². The molecule has 1 aromatic heterocycles. The normalized spacial score (nSPS) is 34.5. The molecule has 1 aromatic rings. The van der Waals surface area contributed by atoms with E-state index in [0.29, 0.717) is 30.5 Å². The highest BCUT2D eigenvalue weighted by molar-refractivity contribution is 7.09. The Balaban J connectivity index is 2.33. The zero-order valence-electron chi connectivity index (χ0n) is 21.6. The number of nitrogens with zero attached hydrogens (tertiary/aromatic N) is 1. The number of cyclic esters (lactones) is 1. The maximum absolute atomic E-state index is 13.1. The van der Waals surface area contributed by atoms with Crippen molar-refractivity contribution >= 4 is 29.2 Å². The minimum absolute atomic E-state index is 0.0218. The van der Waals surface area contributed by atoms with Crippen molar-refractivity contribution in [3.8, 4) is 0 Å². The summed E-state index contributed by atoms with van der Waals surface area (Å²) in [5, 5.41) is 45.5. The van der Waals surface area contributed by atoms with Gasteiger partial charge in [0.25, 0.3) is 0 Å². The Morgan fingerprint density at radius 2 is 1.80 bits per heavy atom. The highest BCUT2D eigenvalue weighted by Crippen LogP contribution is 2.32. The number of esters is 1. The van der Waals surface area contributed by atoms with E-state index in [1.807, 2.05) is 19.2 Å². The molecule has 1 aliphatic heterocycles. The SMILES string of the molecule is C/C(=C\c1csc(C)n1)[C@@H]1C[C@H](O)[C@H](O)CCC[C@H](C)[C@H](O)[C@@H](C)C(=O)C(C)(C)C(O)CC(=O)O1. The van der Waals surface area contributed by atoms with Crippen molar-refractivity contribution in [3.63, 3.8) is 0 Å². The van der Waals surface area contributed by atoms with Crippen LogP contribution in [0.3, 0.4) is 0 Å². The first-order chi connectivity index (χ1) is 16.2. The van der Waals surface area contributed by atoms with Gasteiger partial charge in [-0.15, -0.1) is 11.3 Å². The van der Waals surface area contributed by atoms with Crippen molar-refractivity contribution in [3.05, 3.63) is 21.7 Å². The molecule has 1 saturated heterocycles. The first-order valence-electron chi connectivity index (χ1n) is 12.3. The number of aryl methyl sites for hydroxylation is 1. The Morgan fingerprint density at radius 3 is 2.40 bits per heavy atom. The summed E-state index contributed by atoms with van der Waals surface area (Å²) in [7, 11) is 0. The van der Waals surface area contributed by atoms with Crippen LogP contribution in [0.25, 0.3) is 6.08 Å². The van der Waals surface area contributed by atoms with Crippen LogP contribution in [-0.4, -0.2) is 67.7 Å². The highest BCUT2D eigenvalue weighted by atomic mass is 32.1. The largest absolute Gasteiger partial charge is 0.458 e. The van der Waals surface area contributed by atoms with Gasteiger partial charge in [0.15, 0.2) is 0 Å². The molecule has 0 aromatic carbocycles. The van der Waals surface area contributed by atoms with E-state index in [9.17, 15) is 30.0 Å². The second-order valence-corrected chi connectivity index (χ2v) is 11.6. The molecule has 2 rings (SSSR count). The number of hydrogen-bond donors (Lipinski definition) is 4. The van der Waals surface area contributed by atoms with Crippen LogP contribution < -0.4 is 0 Å². The van der Waals surface area contributed by atoms with Gasteiger partial charge in [-0.2, -0.15) is 0 Å². The number of carbonyl (C=O) groups is 2. The second-order valence-electron chi connectivity index (χ2n) is 10.5. The lowest BCUT2D eigenvalue weighted by molar-refractivity contribution is -0.156. The van der Waals surface area contributed by atoms with Crippen LogP contribution in [0.5, 0.6) is 0 Å². The number of aliphatic hydroxyl groups excluding tert-OH is 4. The summed E-state index contributed by atoms with van der Waals surface area (Å²) in [5.74, 6) is -2.01. The first-order valence-corrected chi connectivity index (χ1v) is 13.2. The molecule has 0 amide bonds. The van der Waals surface area contributed by atoms with E-state index < -0.39 is 54.2 Å². The number of ether oxygens (including phenoxy) is 1. The highest BCUT2D eigenvalue weighted by Gasteiger charge is 2.42. The fourth-order valence-electron chi connectivity index (χ4n) is 4.51. The summed E-state index contributed by atoms with van der Waals surface area (Å²) in [6.07, 6.45) is -2.52. The molecule has 0 bridgehead atoms. The van der Waals surface area contributed by atoms with Crippen LogP contribution >= 0.6 is 11.3 Å². The van der Waals surface area contributed by atoms with E-state index in [4.69, 9.17) is 4.74 Å². The fourth-order valence-corrected chi connectivity index (χ4v) is 5.08. The van der Waals surface area contributed by atoms with E-state index in [1.165, 1.54) is 11.3 Å². The Hall–Kier alpha value is -1.65. The molecule has 0 radical (unpaired) electrons. The van der Waals surface area contributed by atoms with E-state index in [0.717, 1.165) is 5.01 Å². The van der Waals surface area contributed by atoms with Crippen LogP contribution in [0.1, 0.15) is 77.4 Å². The average Bonchev–Trinajstić information content (AvgIpc) is 3.20. The van der Waals surface area contributed by atoms with Crippen molar-refractivity contribution in [2.75, 3.05) is 0 Å². The molecule has 1 fully saturated rings. The van der Waals surface area contributed by atoms with Crippen molar-refractivity contribution < 1.29 is 34.8 Å². The van der Waals surface area contributed by atoms with Crippen LogP contribution in [0.4, 0.5) is 0 Å². The average molecular weight is 512 g/mol. The van der Waals surface area contributed by atoms with E-state index in [-0.39, 0.29) is 18.1 Å². The third-order valence-electron chi connectivity index (χ3n) is 7.19. The van der Waals surface area contributed by atoms with Crippen LogP contribution in [-0.2, 0) is 14.3 Å². The molecule has 1 aliphatic rings. The minimum atomic E-state index is -1.32. The number of aromatic nitrogens is 1. The Bertz CT molecular complexity index is 896. The van der Waals surface area contributed by atoms with Gasteiger partial charge >= 0.3 is 5.97 Å². The Morgan fingerprint density at radius 1 is 1.14 bits per heavy atom. The molecule has 35 heavy (non-hydrogen) atoms. The summed E-state index contributed by atoms with van der Waals surface area (Å²) in [6, 6.07) is 0. The fraction of sp³-hybridized carbons (Fsp3) is 0.731. The molecule has 0 saturated carbocycles. The summed E-state index contributed by atoms with van der Waals surface area (Å²) in [4.78, 5) is 30.4. The lowest BCUT2D eigenvalue weighted by Crippen LogP contribution is -2.46. The number of rotatable bonds is 2. The molecule has 8 nitrogen and oxygen atoms in total. The van der Waals surface area contributed by atoms with Crippen LogP contribution in [0, 0.1) is 24.2 Å². The molecule has 9 heteroatoms. The lowest BCUT2D eigenvalue weighted by atomic mass is 9.73. The summed E-state index contributed by atoms with van der Waals surface area (Å²) in [6.45, 7) is 10.2. The third kappa shape index (κ3) is 7.92. The number of thiazole rings is 1. The lowest BCUT2D eigenvalue weighted by Gasteiger charge is -2.35. The quantitative estimate of drug-likeness (QED) is 0.445. The molecule has 0 aliphatic carbocycles. The Labute approximate surface area is 212 Å². The Kier molecular flexibility index (Phi) is 10.6. The van der Waals surface area contributed by atoms with Gasteiger partial charge in [-0.3, -0.25) is 9.59 Å². The number of carbonyl (C=O) groups excluding carboxylic acids is 2. The standard InChI is InChI=1S/C26H41NO7S/c1-14-8-7-9-19(28)20(29)11-21(15(2)10-18-13-35-17(4)27-18)34-23(31)12-22(30)26(5,6)25(33)16(3)24(14)32/h10,13-14,16,19-22,24,28-30,32H,7-9,11-12H2,1-6H3/b15-10+/t14-,16+,19+,20-,21-,22?,24-/m0/s1. The van der Waals surface area contributed by atoms with Crippen molar-refractivity contribution in [1.29, 1.82) is 0 Å². The molecular weight excluding hydrogens is 470 g/mol. The molecule has 7 atom stereocenters. The van der Waals surface area contributed by atoms with Crippen LogP contribution in [0.2, 0.25) is 0 Å². The van der Waals surface area contributed by atoms with Crippen molar-refractivity contribution in [2.45, 2.75) is 104 Å². The zero-order chi connectivity index (χ0) is 26.5. The zero-order valence-corrected chi connectivity index (χ0v) is 22.4. The second kappa shape index (κ2) is 12.5. The van der Waals surface area contributed by atoms with Gasteiger partial charge < -0.3 is 25.2 Å². The van der Waals surface area contributed by atoms with E-state index in [2.05, 4.69) is 4.98 Å². The minimum Gasteiger partial charge on any atom is -0.458 e. The summed E-state index contributed by atoms with van der Waals surface area (Å²) >= 11 is 1.49. The van der Waals surface area contributed by atoms with E-state index in [1.54, 1.807) is 33.8 Å². The topological polar surface area (TPSA) is 137 Å². The van der Waals surface area contributed by atoms with Gasteiger partial charge in [0.2, 0.25) is 0 Å². The summed E-state index contributed by atoms with van der Waals surface area (Å²) < 4.78 is 5.65. The monoisotopic (exact) mass is 511 g/mol. The van der Waals surface area contributed by atoms with E-state index >= 15 is 0 Å². The predicted molar refractivity (Wildman–Crippen MR) is 135 cm³/mol. The van der Waals surface area contributed by atoms with Gasteiger partial charge in [0.05, 0.1) is 47.0 Å². The number of Topliss-reactive ketones (excluding diaryl/α,β-unsaturated/α-hetero) is 1. The number of hydrogen-bond acceptors (Lipinski definition) is 9. The predicted octanol–water partition coefficient (Wildman–Crippen LogP) is 3.04. The maximum atomic E-state index is 13.1. The van der Waals surface area contributed by atoms with Crippen molar-refractivity contribution in [1.82, 2.24) is 4.98 Å². The first kappa shape index (κ1) is 29.6.